The van der Waals surface area contributed by atoms with E-state index in [9.17, 15) is 4.79 Å². The van der Waals surface area contributed by atoms with Gasteiger partial charge in [0, 0.05) is 56.6 Å². The van der Waals surface area contributed by atoms with E-state index in [2.05, 4.69) is 14.8 Å². The average Bonchev–Trinajstić information content (AvgIpc) is 3.20. The third kappa shape index (κ3) is 2.52. The molecule has 0 N–H and O–H groups in total. The second-order valence-electron chi connectivity index (χ2n) is 6.59. The van der Waals surface area contributed by atoms with Crippen molar-refractivity contribution in [2.24, 2.45) is 0 Å². The highest BCUT2D eigenvalue weighted by atomic mass is 16.5. The van der Waals surface area contributed by atoms with Gasteiger partial charge in [-0.25, -0.2) is 0 Å². The fourth-order valence-corrected chi connectivity index (χ4v) is 4.31. The first-order valence-electron chi connectivity index (χ1n) is 8.35. The quantitative estimate of drug-likeness (QED) is 0.847. The Morgan fingerprint density at radius 3 is 2.82 bits per heavy atom. The summed E-state index contributed by atoms with van der Waals surface area (Å²) in [7, 11) is 0. The Bertz CT molecular complexity index is 530. The van der Waals surface area contributed by atoms with E-state index in [1.54, 1.807) is 12.4 Å². The molecule has 0 unspecified atom stereocenters. The number of ether oxygens (including phenoxy) is 1. The Balaban J connectivity index is 1.51. The summed E-state index contributed by atoms with van der Waals surface area (Å²) in [4.78, 5) is 21.2. The topological polar surface area (TPSA) is 45.7 Å². The second-order valence-corrected chi connectivity index (χ2v) is 6.59. The van der Waals surface area contributed by atoms with Gasteiger partial charge in [0.1, 0.15) is 0 Å². The molecule has 4 heterocycles. The van der Waals surface area contributed by atoms with E-state index in [0.29, 0.717) is 30.5 Å². The van der Waals surface area contributed by atoms with Crippen molar-refractivity contribution in [3.05, 3.63) is 30.1 Å². The van der Waals surface area contributed by atoms with Crippen LogP contribution in [-0.2, 0) is 16.1 Å². The second kappa shape index (κ2) is 5.97. The molecule has 1 amide bonds. The summed E-state index contributed by atoms with van der Waals surface area (Å²) in [5.41, 5.74) is 1.17. The van der Waals surface area contributed by atoms with Gasteiger partial charge in [-0.2, -0.15) is 0 Å². The molecule has 0 saturated carbocycles. The molecule has 3 saturated heterocycles. The molecule has 0 spiro atoms. The zero-order valence-electron chi connectivity index (χ0n) is 12.9. The van der Waals surface area contributed by atoms with Crippen LogP contribution in [0.3, 0.4) is 0 Å². The molecule has 1 aromatic rings. The number of piperidine rings is 1. The molecule has 118 valence electrons. The SMILES string of the molecule is O=C1CC[C@H]2[C@H](CCN2[C@H]2CCOC2)N1Cc1ccncc1. The highest BCUT2D eigenvalue weighted by molar-refractivity contribution is 5.77. The number of carbonyl (C=O) groups is 1. The number of hydrogen-bond donors (Lipinski definition) is 0. The lowest BCUT2D eigenvalue weighted by atomic mass is 9.95. The Labute approximate surface area is 131 Å². The maximum Gasteiger partial charge on any atom is 0.223 e. The monoisotopic (exact) mass is 301 g/mol. The third-order valence-corrected chi connectivity index (χ3v) is 5.40. The van der Waals surface area contributed by atoms with Gasteiger partial charge in [-0.1, -0.05) is 0 Å². The van der Waals surface area contributed by atoms with E-state index in [4.69, 9.17) is 4.74 Å². The minimum Gasteiger partial charge on any atom is -0.380 e. The van der Waals surface area contributed by atoms with Gasteiger partial charge in [0.05, 0.1) is 6.61 Å². The summed E-state index contributed by atoms with van der Waals surface area (Å²) >= 11 is 0. The zero-order valence-corrected chi connectivity index (χ0v) is 12.9. The highest BCUT2D eigenvalue weighted by Gasteiger charge is 2.45. The number of nitrogens with zero attached hydrogens (tertiary/aromatic N) is 3. The van der Waals surface area contributed by atoms with Crippen molar-refractivity contribution in [2.45, 2.75) is 50.4 Å². The van der Waals surface area contributed by atoms with Crippen molar-refractivity contribution in [1.29, 1.82) is 0 Å². The van der Waals surface area contributed by atoms with E-state index in [0.717, 1.165) is 45.6 Å². The van der Waals surface area contributed by atoms with Crippen molar-refractivity contribution in [1.82, 2.24) is 14.8 Å². The van der Waals surface area contributed by atoms with E-state index < -0.39 is 0 Å². The van der Waals surface area contributed by atoms with Gasteiger partial charge in [-0.3, -0.25) is 14.7 Å². The summed E-state index contributed by atoms with van der Waals surface area (Å²) in [6.45, 7) is 3.57. The fourth-order valence-electron chi connectivity index (χ4n) is 4.31. The largest absolute Gasteiger partial charge is 0.380 e. The van der Waals surface area contributed by atoms with E-state index >= 15 is 0 Å². The molecule has 0 radical (unpaired) electrons. The van der Waals surface area contributed by atoms with Gasteiger partial charge in [0.2, 0.25) is 5.91 Å². The fraction of sp³-hybridized carbons (Fsp3) is 0.647. The van der Waals surface area contributed by atoms with Gasteiger partial charge >= 0.3 is 0 Å². The van der Waals surface area contributed by atoms with Crippen LogP contribution in [0.15, 0.2) is 24.5 Å². The summed E-state index contributed by atoms with van der Waals surface area (Å²) < 4.78 is 5.56. The summed E-state index contributed by atoms with van der Waals surface area (Å²) in [5, 5.41) is 0. The van der Waals surface area contributed by atoms with Crippen LogP contribution in [0, 0.1) is 0 Å². The number of likely N-dealkylation sites (tertiary alicyclic amines) is 2. The molecule has 5 nitrogen and oxygen atoms in total. The molecule has 3 aliphatic heterocycles. The number of hydrogen-bond acceptors (Lipinski definition) is 4. The van der Waals surface area contributed by atoms with Gasteiger partial charge in [0.15, 0.2) is 0 Å². The summed E-state index contributed by atoms with van der Waals surface area (Å²) in [6, 6.07) is 5.47. The Morgan fingerprint density at radius 1 is 1.18 bits per heavy atom. The van der Waals surface area contributed by atoms with Crippen LogP contribution in [0.2, 0.25) is 0 Å². The van der Waals surface area contributed by atoms with E-state index in [1.165, 1.54) is 5.56 Å². The lowest BCUT2D eigenvalue weighted by Crippen LogP contribution is -2.53. The van der Waals surface area contributed by atoms with Crippen LogP contribution in [-0.4, -0.2) is 58.6 Å². The minimum absolute atomic E-state index is 0.308. The zero-order chi connectivity index (χ0) is 14.9. The molecule has 0 aliphatic carbocycles. The number of aromatic nitrogens is 1. The van der Waals surface area contributed by atoms with Gasteiger partial charge < -0.3 is 9.64 Å². The molecule has 0 aromatic carbocycles. The van der Waals surface area contributed by atoms with Crippen molar-refractivity contribution < 1.29 is 9.53 Å². The molecule has 1 aromatic heterocycles. The number of carbonyl (C=O) groups excluding carboxylic acids is 1. The molecule has 3 atom stereocenters. The predicted octanol–water partition coefficient (Wildman–Crippen LogP) is 1.44. The maximum absolute atomic E-state index is 12.4. The number of amides is 1. The molecule has 0 bridgehead atoms. The number of rotatable bonds is 3. The number of pyridine rings is 1. The van der Waals surface area contributed by atoms with Crippen LogP contribution in [0.5, 0.6) is 0 Å². The summed E-state index contributed by atoms with van der Waals surface area (Å²) in [6.07, 6.45) is 7.53. The normalized spacial score (nSPS) is 32.5. The van der Waals surface area contributed by atoms with E-state index in [1.807, 2.05) is 12.1 Å². The number of fused-ring (bicyclic) bond motifs is 1. The van der Waals surface area contributed by atoms with Crippen molar-refractivity contribution in [3.8, 4) is 0 Å². The molecule has 5 heteroatoms. The highest BCUT2D eigenvalue weighted by Crippen LogP contribution is 2.35. The Hall–Kier alpha value is -1.46. The van der Waals surface area contributed by atoms with Crippen LogP contribution in [0.25, 0.3) is 0 Å². The van der Waals surface area contributed by atoms with Crippen molar-refractivity contribution in [3.63, 3.8) is 0 Å². The van der Waals surface area contributed by atoms with Crippen molar-refractivity contribution >= 4 is 5.91 Å². The minimum atomic E-state index is 0.308. The first-order valence-corrected chi connectivity index (χ1v) is 8.35. The average molecular weight is 301 g/mol. The van der Waals surface area contributed by atoms with Gasteiger partial charge in [0.25, 0.3) is 0 Å². The van der Waals surface area contributed by atoms with E-state index in [-0.39, 0.29) is 0 Å². The first-order chi connectivity index (χ1) is 10.8. The Morgan fingerprint density at radius 2 is 2.05 bits per heavy atom. The standard InChI is InChI=1S/C17H23N3O2/c21-17-2-1-15-16(5-9-19(15)14-6-10-22-12-14)20(17)11-13-3-7-18-8-4-13/h3-4,7-8,14-16H,1-2,5-6,9-12H2/t14-,15-,16-/m0/s1. The Kier molecular flexibility index (Phi) is 3.84. The predicted molar refractivity (Wildman–Crippen MR) is 82.1 cm³/mol. The molecular weight excluding hydrogens is 278 g/mol. The maximum atomic E-state index is 12.4. The smallest absolute Gasteiger partial charge is 0.223 e. The van der Waals surface area contributed by atoms with Crippen molar-refractivity contribution in [2.75, 3.05) is 19.8 Å². The summed E-state index contributed by atoms with van der Waals surface area (Å²) in [5.74, 6) is 0.308. The first kappa shape index (κ1) is 14.2. The van der Waals surface area contributed by atoms with Crippen LogP contribution in [0.4, 0.5) is 0 Å². The van der Waals surface area contributed by atoms with Crippen LogP contribution < -0.4 is 0 Å². The molecule has 3 aliphatic rings. The van der Waals surface area contributed by atoms with Crippen LogP contribution in [0.1, 0.15) is 31.2 Å². The van der Waals surface area contributed by atoms with Gasteiger partial charge in [-0.05, 0) is 37.0 Å². The molecule has 22 heavy (non-hydrogen) atoms. The lowest BCUT2D eigenvalue weighted by molar-refractivity contribution is -0.138. The molecular formula is C17H23N3O2. The molecule has 3 fully saturated rings. The lowest BCUT2D eigenvalue weighted by Gasteiger charge is -2.41. The molecule has 4 rings (SSSR count). The third-order valence-electron chi connectivity index (χ3n) is 5.40. The van der Waals surface area contributed by atoms with Gasteiger partial charge in [-0.15, -0.1) is 0 Å². The van der Waals surface area contributed by atoms with Crippen LogP contribution >= 0.6 is 0 Å².